The van der Waals surface area contributed by atoms with Gasteiger partial charge in [-0.15, -0.1) is 0 Å². The number of nitrogen functional groups attached to an aromatic ring is 1. The van der Waals surface area contributed by atoms with Crippen molar-refractivity contribution in [2.75, 3.05) is 5.73 Å². The van der Waals surface area contributed by atoms with Gasteiger partial charge >= 0.3 is 6.18 Å². The predicted octanol–water partition coefficient (Wildman–Crippen LogP) is 2.94. The van der Waals surface area contributed by atoms with Gasteiger partial charge in [0.1, 0.15) is 0 Å². The molecule has 0 aromatic carbocycles. The molecule has 0 fully saturated rings. The first-order valence-corrected chi connectivity index (χ1v) is 5.63. The molecule has 18 heavy (non-hydrogen) atoms. The molecule has 2 aromatic rings. The van der Waals surface area contributed by atoms with Crippen LogP contribution in [0.15, 0.2) is 23.1 Å². The van der Waals surface area contributed by atoms with Gasteiger partial charge in [-0.25, -0.2) is 9.67 Å². The monoisotopic (exact) mass is 320 g/mol. The van der Waals surface area contributed by atoms with E-state index in [1.807, 2.05) is 0 Å². The van der Waals surface area contributed by atoms with Crippen LogP contribution in [-0.4, -0.2) is 14.8 Å². The number of halogens is 4. The van der Waals surface area contributed by atoms with Crippen LogP contribution >= 0.6 is 15.9 Å². The van der Waals surface area contributed by atoms with Crippen molar-refractivity contribution in [3.8, 4) is 5.82 Å². The van der Waals surface area contributed by atoms with E-state index in [0.717, 1.165) is 17.1 Å². The van der Waals surface area contributed by atoms with Gasteiger partial charge in [-0.2, -0.15) is 18.3 Å². The van der Waals surface area contributed by atoms with Gasteiger partial charge in [0.15, 0.2) is 5.82 Å². The van der Waals surface area contributed by atoms with Gasteiger partial charge in [0.25, 0.3) is 0 Å². The molecule has 2 N–H and O–H groups in total. The van der Waals surface area contributed by atoms with Gasteiger partial charge in [-0.3, -0.25) is 0 Å². The highest BCUT2D eigenvalue weighted by Gasteiger charge is 2.32. The van der Waals surface area contributed by atoms with Gasteiger partial charge in [-0.1, -0.05) is 0 Å². The van der Waals surface area contributed by atoms with Crippen LogP contribution in [0.1, 0.15) is 11.1 Å². The highest BCUT2D eigenvalue weighted by Crippen LogP contribution is 2.31. The Hall–Kier alpha value is -1.57. The molecular formula is C10H8BrF3N4. The van der Waals surface area contributed by atoms with Crippen molar-refractivity contribution in [2.45, 2.75) is 13.1 Å². The van der Waals surface area contributed by atoms with E-state index in [1.165, 1.54) is 6.20 Å². The van der Waals surface area contributed by atoms with Gasteiger partial charge in [-0.05, 0) is 28.4 Å². The van der Waals surface area contributed by atoms with Crippen LogP contribution in [-0.2, 0) is 6.18 Å². The Morgan fingerprint density at radius 3 is 2.56 bits per heavy atom. The van der Waals surface area contributed by atoms with Crippen molar-refractivity contribution in [3.63, 3.8) is 0 Å². The van der Waals surface area contributed by atoms with Crippen molar-refractivity contribution in [1.82, 2.24) is 14.8 Å². The van der Waals surface area contributed by atoms with E-state index < -0.39 is 11.7 Å². The molecular weight excluding hydrogens is 313 g/mol. The first-order valence-electron chi connectivity index (χ1n) is 4.83. The maximum absolute atomic E-state index is 12.5. The number of pyridine rings is 1. The Balaban J connectivity index is 2.50. The molecule has 0 aliphatic rings. The summed E-state index contributed by atoms with van der Waals surface area (Å²) in [5, 5.41) is 3.65. The Labute approximate surface area is 109 Å². The van der Waals surface area contributed by atoms with E-state index in [2.05, 4.69) is 26.0 Å². The summed E-state index contributed by atoms with van der Waals surface area (Å²) in [5.41, 5.74) is 5.96. The summed E-state index contributed by atoms with van der Waals surface area (Å²) in [4.78, 5) is 3.97. The smallest absolute Gasteiger partial charge is 0.397 e. The number of anilines is 1. The zero-order chi connectivity index (χ0) is 13.5. The van der Waals surface area contributed by atoms with Crippen LogP contribution in [0.3, 0.4) is 0 Å². The molecule has 8 heteroatoms. The number of nitrogens with two attached hydrogens (primary N) is 1. The molecule has 2 aromatic heterocycles. The molecule has 0 aliphatic carbocycles. The van der Waals surface area contributed by atoms with Crippen molar-refractivity contribution < 1.29 is 13.2 Å². The molecule has 2 heterocycles. The third kappa shape index (κ3) is 2.20. The minimum atomic E-state index is -4.42. The summed E-state index contributed by atoms with van der Waals surface area (Å²) in [6, 6.07) is 0. The largest absolute Gasteiger partial charge is 0.419 e. The second kappa shape index (κ2) is 4.27. The quantitative estimate of drug-likeness (QED) is 0.879. The van der Waals surface area contributed by atoms with Crippen LogP contribution in [0, 0.1) is 6.92 Å². The van der Waals surface area contributed by atoms with Gasteiger partial charge < -0.3 is 5.73 Å². The van der Waals surface area contributed by atoms with Crippen LogP contribution < -0.4 is 5.73 Å². The highest BCUT2D eigenvalue weighted by atomic mass is 79.9. The highest BCUT2D eigenvalue weighted by molar-refractivity contribution is 9.10. The summed E-state index contributed by atoms with van der Waals surface area (Å²) >= 11 is 3.24. The van der Waals surface area contributed by atoms with Gasteiger partial charge in [0.2, 0.25) is 0 Å². The lowest BCUT2D eigenvalue weighted by atomic mass is 10.2. The molecule has 2 rings (SSSR count). The van der Waals surface area contributed by atoms with E-state index >= 15 is 0 Å². The fourth-order valence-corrected chi connectivity index (χ4v) is 1.84. The molecule has 0 amide bonds. The number of nitrogens with zero attached hydrogens (tertiary/aromatic N) is 3. The molecule has 0 saturated heterocycles. The van der Waals surface area contributed by atoms with Crippen LogP contribution in [0.4, 0.5) is 18.9 Å². The molecule has 0 unspecified atom stereocenters. The van der Waals surface area contributed by atoms with Gasteiger partial charge in [0.05, 0.1) is 28.1 Å². The maximum atomic E-state index is 12.5. The van der Waals surface area contributed by atoms with Gasteiger partial charge in [0, 0.05) is 6.20 Å². The predicted molar refractivity (Wildman–Crippen MR) is 63.2 cm³/mol. The molecule has 0 atom stereocenters. The zero-order valence-corrected chi connectivity index (χ0v) is 10.7. The Bertz CT molecular complexity index is 591. The summed E-state index contributed by atoms with van der Waals surface area (Å²) in [5.74, 6) is 0.261. The Morgan fingerprint density at radius 1 is 1.33 bits per heavy atom. The molecule has 0 saturated carbocycles. The lowest BCUT2D eigenvalue weighted by Gasteiger charge is -2.08. The Kier molecular flexibility index (Phi) is 3.05. The van der Waals surface area contributed by atoms with Crippen molar-refractivity contribution >= 4 is 21.6 Å². The topological polar surface area (TPSA) is 56.7 Å². The number of aromatic nitrogens is 3. The molecule has 0 radical (unpaired) electrons. The minimum Gasteiger partial charge on any atom is -0.397 e. The second-order valence-electron chi connectivity index (χ2n) is 3.65. The van der Waals surface area contributed by atoms with Crippen LogP contribution in [0.5, 0.6) is 0 Å². The summed E-state index contributed by atoms with van der Waals surface area (Å²) in [6.07, 6.45) is -1.42. The van der Waals surface area contributed by atoms with E-state index in [0.29, 0.717) is 15.7 Å². The average molecular weight is 321 g/mol. The van der Waals surface area contributed by atoms with E-state index in [1.54, 1.807) is 6.92 Å². The maximum Gasteiger partial charge on any atom is 0.419 e. The second-order valence-corrected chi connectivity index (χ2v) is 4.44. The summed E-state index contributed by atoms with van der Waals surface area (Å²) in [7, 11) is 0. The first kappa shape index (κ1) is 12.9. The first-order chi connectivity index (χ1) is 8.30. The summed E-state index contributed by atoms with van der Waals surface area (Å²) in [6.45, 7) is 1.73. The minimum absolute atomic E-state index is 0.261. The van der Waals surface area contributed by atoms with Crippen LogP contribution in [0.2, 0.25) is 0 Å². The van der Waals surface area contributed by atoms with E-state index in [-0.39, 0.29) is 5.82 Å². The molecule has 0 bridgehead atoms. The molecule has 4 nitrogen and oxygen atoms in total. The van der Waals surface area contributed by atoms with Crippen molar-refractivity contribution in [3.05, 3.63) is 34.2 Å². The SMILES string of the molecule is Cc1c(N)cnc(-n2cc(C(F)(F)F)cn2)c1Br. The van der Waals surface area contributed by atoms with E-state index in [4.69, 9.17) is 5.73 Å². The standard InChI is InChI=1S/C10H8BrF3N4/c1-5-7(15)3-16-9(8(5)11)18-4-6(2-17-18)10(12,13)14/h2-4H,15H2,1H3. The number of hydrogen-bond donors (Lipinski definition) is 1. The summed E-state index contributed by atoms with van der Waals surface area (Å²) < 4.78 is 38.9. The number of alkyl halides is 3. The lowest BCUT2D eigenvalue weighted by Crippen LogP contribution is -2.05. The molecule has 0 aliphatic heterocycles. The number of hydrogen-bond acceptors (Lipinski definition) is 3. The Morgan fingerprint density at radius 2 is 2.00 bits per heavy atom. The fourth-order valence-electron chi connectivity index (χ4n) is 1.32. The molecule has 0 spiro atoms. The lowest BCUT2D eigenvalue weighted by molar-refractivity contribution is -0.137. The van der Waals surface area contributed by atoms with Crippen molar-refractivity contribution in [1.29, 1.82) is 0 Å². The number of rotatable bonds is 1. The normalized spacial score (nSPS) is 11.8. The van der Waals surface area contributed by atoms with E-state index in [9.17, 15) is 13.2 Å². The third-order valence-electron chi connectivity index (χ3n) is 2.41. The van der Waals surface area contributed by atoms with Crippen molar-refractivity contribution in [2.24, 2.45) is 0 Å². The fraction of sp³-hybridized carbons (Fsp3) is 0.200. The average Bonchev–Trinajstić information content (AvgIpc) is 2.75. The third-order valence-corrected chi connectivity index (χ3v) is 3.36. The zero-order valence-electron chi connectivity index (χ0n) is 9.16. The van der Waals surface area contributed by atoms with Crippen LogP contribution in [0.25, 0.3) is 5.82 Å². The molecule has 96 valence electrons.